The fraction of sp³-hybridized carbons (Fsp3) is 0.355. The van der Waals surface area contributed by atoms with Gasteiger partial charge in [0.2, 0.25) is 0 Å². The molecule has 0 spiro atoms. The molecule has 1 saturated heterocycles. The average molecular weight is 566 g/mol. The van der Waals surface area contributed by atoms with Gasteiger partial charge in [-0.25, -0.2) is 9.97 Å². The number of H-pyrrole nitrogens is 1. The number of hydrogen-bond acceptors (Lipinski definition) is 9. The molecule has 5 heterocycles. The molecule has 0 saturated carbocycles. The predicted octanol–water partition coefficient (Wildman–Crippen LogP) is 4.58. The Morgan fingerprint density at radius 2 is 1.88 bits per heavy atom. The second-order valence-electron chi connectivity index (χ2n) is 11.7. The predicted molar refractivity (Wildman–Crippen MR) is 161 cm³/mol. The lowest BCUT2D eigenvalue weighted by molar-refractivity contribution is 0.0895. The van der Waals surface area contributed by atoms with Crippen molar-refractivity contribution in [1.29, 1.82) is 0 Å². The minimum atomic E-state index is -0.402. The third kappa shape index (κ3) is 5.47. The van der Waals surface area contributed by atoms with Gasteiger partial charge in [0.05, 0.1) is 35.0 Å². The summed E-state index contributed by atoms with van der Waals surface area (Å²) in [7, 11) is 0. The number of nitrogens with zero attached hydrogens (tertiary/aromatic N) is 6. The third-order valence-corrected chi connectivity index (χ3v) is 7.58. The van der Waals surface area contributed by atoms with Crippen LogP contribution < -0.4 is 15.5 Å². The molecule has 0 radical (unpaired) electrons. The van der Waals surface area contributed by atoms with E-state index in [1.807, 2.05) is 59.0 Å². The van der Waals surface area contributed by atoms with Crippen LogP contribution in [0.2, 0.25) is 0 Å². The molecule has 11 nitrogen and oxygen atoms in total. The minimum absolute atomic E-state index is 0.0411. The van der Waals surface area contributed by atoms with Gasteiger partial charge < -0.3 is 25.0 Å². The maximum atomic E-state index is 12.8. The second-order valence-corrected chi connectivity index (χ2v) is 11.7. The number of aromatic nitrogens is 6. The summed E-state index contributed by atoms with van der Waals surface area (Å²) in [6.07, 6.45) is 3.50. The van der Waals surface area contributed by atoms with Crippen LogP contribution in [0.4, 0.5) is 5.69 Å². The maximum Gasteiger partial charge on any atom is 0.315 e. The van der Waals surface area contributed by atoms with E-state index in [1.165, 1.54) is 0 Å². The van der Waals surface area contributed by atoms with Gasteiger partial charge in [0, 0.05) is 42.5 Å². The molecule has 0 aliphatic carbocycles. The Morgan fingerprint density at radius 3 is 2.57 bits per heavy atom. The standard InChI is InChI=1S/C31H35N9O2/c1-18-14-20(6-8-22(18)19(2)36-28(41)29-38-30(39-42-29)31(3,4)5)26-23-15-25(37-27(23)35-17-34-26)24-9-7-21(16-33-24)40-12-10-32-11-13-40/h6-9,14-17,19,32H,10-13H2,1-5H3,(H,36,41)(H,34,35,37)/t19-/m1/s1. The van der Waals surface area contributed by atoms with E-state index < -0.39 is 5.91 Å². The molecule has 216 valence electrons. The number of amides is 1. The first-order valence-electron chi connectivity index (χ1n) is 14.2. The number of carbonyl (C=O) groups excluding carboxylic acids is 1. The first-order valence-corrected chi connectivity index (χ1v) is 14.2. The highest BCUT2D eigenvalue weighted by Crippen LogP contribution is 2.32. The number of fused-ring (bicyclic) bond motifs is 1. The van der Waals surface area contributed by atoms with E-state index in [1.54, 1.807) is 6.33 Å². The lowest BCUT2D eigenvalue weighted by atomic mass is 9.96. The van der Waals surface area contributed by atoms with Crippen LogP contribution in [0.5, 0.6) is 0 Å². The number of anilines is 1. The van der Waals surface area contributed by atoms with Crippen LogP contribution >= 0.6 is 0 Å². The van der Waals surface area contributed by atoms with Crippen molar-refractivity contribution in [3.05, 3.63) is 71.8 Å². The summed E-state index contributed by atoms with van der Waals surface area (Å²) in [4.78, 5) is 36.6. The summed E-state index contributed by atoms with van der Waals surface area (Å²) in [6, 6.07) is 12.1. The van der Waals surface area contributed by atoms with Crippen LogP contribution in [0.25, 0.3) is 33.7 Å². The molecule has 42 heavy (non-hydrogen) atoms. The van der Waals surface area contributed by atoms with Crippen LogP contribution in [-0.4, -0.2) is 62.2 Å². The maximum absolute atomic E-state index is 12.8. The van der Waals surface area contributed by atoms with Gasteiger partial charge in [0.15, 0.2) is 5.82 Å². The zero-order valence-corrected chi connectivity index (χ0v) is 24.5. The molecular formula is C31H35N9O2. The first kappa shape index (κ1) is 27.5. The van der Waals surface area contributed by atoms with Gasteiger partial charge in [0.25, 0.3) is 0 Å². The van der Waals surface area contributed by atoms with Gasteiger partial charge in [-0.1, -0.05) is 38.1 Å². The third-order valence-electron chi connectivity index (χ3n) is 7.58. The molecule has 1 fully saturated rings. The van der Waals surface area contributed by atoms with Crippen LogP contribution in [0, 0.1) is 6.92 Å². The second kappa shape index (κ2) is 11.0. The summed E-state index contributed by atoms with van der Waals surface area (Å²) in [5, 5.41) is 11.2. The van der Waals surface area contributed by atoms with E-state index in [4.69, 9.17) is 9.51 Å². The normalized spacial score (nSPS) is 14.7. The van der Waals surface area contributed by atoms with Crippen molar-refractivity contribution in [2.75, 3.05) is 31.1 Å². The van der Waals surface area contributed by atoms with E-state index in [-0.39, 0.29) is 17.3 Å². The highest BCUT2D eigenvalue weighted by Gasteiger charge is 2.25. The number of pyridine rings is 1. The molecule has 1 amide bonds. The molecule has 4 aromatic heterocycles. The highest BCUT2D eigenvalue weighted by atomic mass is 16.5. The van der Waals surface area contributed by atoms with Crippen molar-refractivity contribution in [3.63, 3.8) is 0 Å². The van der Waals surface area contributed by atoms with Crippen LogP contribution in [0.1, 0.15) is 61.4 Å². The van der Waals surface area contributed by atoms with Gasteiger partial charge >= 0.3 is 11.8 Å². The Labute approximate surface area is 244 Å². The Morgan fingerprint density at radius 1 is 1.07 bits per heavy atom. The number of piperazine rings is 1. The fourth-order valence-electron chi connectivity index (χ4n) is 5.23. The molecule has 1 aliphatic rings. The molecule has 5 aromatic rings. The molecule has 6 rings (SSSR count). The van der Waals surface area contributed by atoms with E-state index in [0.717, 1.165) is 76.7 Å². The Balaban J connectivity index is 1.21. The number of aryl methyl sites for hydroxylation is 1. The van der Waals surface area contributed by atoms with Crippen LogP contribution in [0.3, 0.4) is 0 Å². The van der Waals surface area contributed by atoms with Crippen molar-refractivity contribution >= 4 is 22.6 Å². The summed E-state index contributed by atoms with van der Waals surface area (Å²) < 4.78 is 5.21. The fourth-order valence-corrected chi connectivity index (χ4v) is 5.23. The van der Waals surface area contributed by atoms with Gasteiger partial charge in [-0.05, 0) is 49.2 Å². The largest absolute Gasteiger partial charge is 0.368 e. The zero-order chi connectivity index (χ0) is 29.4. The summed E-state index contributed by atoms with van der Waals surface area (Å²) in [5.74, 6) is 0.0504. The monoisotopic (exact) mass is 565 g/mol. The molecule has 0 unspecified atom stereocenters. The van der Waals surface area contributed by atoms with Gasteiger partial charge in [-0.15, -0.1) is 0 Å². The number of rotatable bonds is 6. The van der Waals surface area contributed by atoms with Gasteiger partial charge in [-0.3, -0.25) is 9.78 Å². The summed E-state index contributed by atoms with van der Waals surface area (Å²) in [6.45, 7) is 13.8. The number of carbonyl (C=O) groups is 1. The van der Waals surface area contributed by atoms with Crippen LogP contribution in [0.15, 0.2) is 53.4 Å². The minimum Gasteiger partial charge on any atom is -0.368 e. The number of benzene rings is 1. The van der Waals surface area contributed by atoms with E-state index in [0.29, 0.717) is 5.82 Å². The number of nitrogens with one attached hydrogen (secondary N) is 3. The lowest BCUT2D eigenvalue weighted by Gasteiger charge is -2.29. The van der Waals surface area contributed by atoms with Gasteiger partial charge in [-0.2, -0.15) is 4.98 Å². The highest BCUT2D eigenvalue weighted by molar-refractivity contribution is 5.94. The SMILES string of the molecule is Cc1cc(-c2ncnc3[nH]c(-c4ccc(N5CCNCC5)cn4)cc23)ccc1[C@@H](C)NC(=O)c1nc(C(C)(C)C)no1. The van der Waals surface area contributed by atoms with Crippen molar-refractivity contribution in [2.24, 2.45) is 0 Å². The first-order chi connectivity index (χ1) is 20.2. The summed E-state index contributed by atoms with van der Waals surface area (Å²) in [5.41, 5.74) is 7.10. The molecule has 1 aromatic carbocycles. The van der Waals surface area contributed by atoms with Crippen molar-refractivity contribution in [2.45, 2.75) is 46.1 Å². The van der Waals surface area contributed by atoms with Gasteiger partial charge in [0.1, 0.15) is 12.0 Å². The van der Waals surface area contributed by atoms with Crippen molar-refractivity contribution < 1.29 is 9.32 Å². The smallest absolute Gasteiger partial charge is 0.315 e. The molecule has 1 aliphatic heterocycles. The van der Waals surface area contributed by atoms with E-state index in [2.05, 4.69) is 58.8 Å². The molecule has 3 N–H and O–H groups in total. The van der Waals surface area contributed by atoms with E-state index >= 15 is 0 Å². The topological polar surface area (TPSA) is 138 Å². The average Bonchev–Trinajstić information content (AvgIpc) is 3.66. The zero-order valence-electron chi connectivity index (χ0n) is 24.5. The molecule has 11 heteroatoms. The van der Waals surface area contributed by atoms with Crippen molar-refractivity contribution in [1.82, 2.24) is 40.7 Å². The quantitative estimate of drug-likeness (QED) is 0.270. The number of hydrogen-bond donors (Lipinski definition) is 3. The van der Waals surface area contributed by atoms with E-state index in [9.17, 15) is 4.79 Å². The Bertz CT molecular complexity index is 1730. The Kier molecular flexibility index (Phi) is 7.19. The number of aromatic amines is 1. The molecule has 0 bridgehead atoms. The van der Waals surface area contributed by atoms with Crippen molar-refractivity contribution in [3.8, 4) is 22.6 Å². The Hall–Kier alpha value is -4.64. The summed E-state index contributed by atoms with van der Waals surface area (Å²) >= 11 is 0. The van der Waals surface area contributed by atoms with Crippen LogP contribution in [-0.2, 0) is 5.41 Å². The lowest BCUT2D eigenvalue weighted by Crippen LogP contribution is -2.43. The molecule has 1 atom stereocenters. The molecular weight excluding hydrogens is 530 g/mol.